The number of aryl methyl sites for hydroxylation is 1. The van der Waals surface area contributed by atoms with Crippen molar-refractivity contribution < 1.29 is 37.5 Å². The molecule has 1 aromatic rings. The molecule has 0 heterocycles. The standard InChI is InChI=1S/C13H13O.Y/c1-4-5-12-6-7-13(9-11(3)14)10(2)8-12;/h6,8H,9H2,1-3H3;/q-1;. The fraction of sp³-hybridized carbons (Fsp3) is 0.308. The van der Waals surface area contributed by atoms with Gasteiger partial charge in [0.15, 0.2) is 0 Å². The molecular weight excluding hydrogens is 261 g/mol. The van der Waals surface area contributed by atoms with Gasteiger partial charge in [-0.3, -0.25) is 4.79 Å². The molecule has 0 spiro atoms. The minimum absolute atomic E-state index is 0. The van der Waals surface area contributed by atoms with Gasteiger partial charge < -0.3 is 0 Å². The first kappa shape index (κ1) is 14.6. The van der Waals surface area contributed by atoms with E-state index in [0.29, 0.717) is 6.42 Å². The first-order valence-electron chi connectivity index (χ1n) is 4.57. The van der Waals surface area contributed by atoms with Crippen molar-refractivity contribution >= 4 is 5.78 Å². The van der Waals surface area contributed by atoms with Crippen molar-refractivity contribution in [3.05, 3.63) is 34.9 Å². The number of rotatable bonds is 2. The zero-order valence-corrected chi connectivity index (χ0v) is 12.2. The molecule has 0 fully saturated rings. The van der Waals surface area contributed by atoms with Crippen LogP contribution < -0.4 is 0 Å². The molecule has 15 heavy (non-hydrogen) atoms. The second-order valence-corrected chi connectivity index (χ2v) is 3.30. The summed E-state index contributed by atoms with van der Waals surface area (Å²) in [4.78, 5) is 10.9. The second kappa shape index (κ2) is 6.93. The van der Waals surface area contributed by atoms with Gasteiger partial charge in [0.05, 0.1) is 0 Å². The van der Waals surface area contributed by atoms with Gasteiger partial charge in [-0.15, -0.1) is 11.8 Å². The molecule has 75 valence electrons. The van der Waals surface area contributed by atoms with Crippen LogP contribution in [0.25, 0.3) is 0 Å². The number of Topliss-reactive ketones (excluding diaryl/α,β-unsaturated/α-hetero) is 1. The van der Waals surface area contributed by atoms with E-state index in [-0.39, 0.29) is 38.5 Å². The molecule has 0 saturated heterocycles. The van der Waals surface area contributed by atoms with E-state index in [1.54, 1.807) is 13.8 Å². The van der Waals surface area contributed by atoms with Crippen molar-refractivity contribution in [2.45, 2.75) is 27.2 Å². The van der Waals surface area contributed by atoms with Crippen molar-refractivity contribution in [2.24, 2.45) is 0 Å². The normalized spacial score (nSPS) is 8.47. The van der Waals surface area contributed by atoms with Crippen LogP contribution in [0.3, 0.4) is 0 Å². The van der Waals surface area contributed by atoms with E-state index in [9.17, 15) is 4.79 Å². The zero-order valence-electron chi connectivity index (χ0n) is 9.35. The van der Waals surface area contributed by atoms with Crippen LogP contribution in [0, 0.1) is 24.8 Å². The third-order valence-corrected chi connectivity index (χ3v) is 1.94. The van der Waals surface area contributed by atoms with Crippen LogP contribution in [0.1, 0.15) is 30.5 Å². The van der Waals surface area contributed by atoms with Crippen LogP contribution in [-0.4, -0.2) is 5.78 Å². The van der Waals surface area contributed by atoms with E-state index < -0.39 is 0 Å². The Morgan fingerprint density at radius 1 is 1.53 bits per heavy atom. The molecule has 0 unspecified atom stereocenters. The minimum atomic E-state index is 0. The van der Waals surface area contributed by atoms with Crippen LogP contribution >= 0.6 is 0 Å². The van der Waals surface area contributed by atoms with Gasteiger partial charge in [-0.25, -0.2) is 0 Å². The fourth-order valence-corrected chi connectivity index (χ4v) is 1.30. The summed E-state index contributed by atoms with van der Waals surface area (Å²) < 4.78 is 0. The van der Waals surface area contributed by atoms with E-state index in [0.717, 1.165) is 16.7 Å². The molecule has 0 aromatic heterocycles. The van der Waals surface area contributed by atoms with Gasteiger partial charge in [0, 0.05) is 39.1 Å². The van der Waals surface area contributed by atoms with E-state index in [4.69, 9.17) is 0 Å². The molecule has 0 bridgehead atoms. The Balaban J connectivity index is 0.00000196. The van der Waals surface area contributed by atoms with Gasteiger partial charge in [0.2, 0.25) is 0 Å². The number of hydrogen-bond acceptors (Lipinski definition) is 1. The third kappa shape index (κ3) is 4.73. The number of carbonyl (C=O) groups excluding carboxylic acids is 1. The Labute approximate surface area is 117 Å². The molecule has 0 atom stereocenters. The Morgan fingerprint density at radius 2 is 2.20 bits per heavy atom. The monoisotopic (exact) mass is 274 g/mol. The molecule has 0 N–H and O–H groups in total. The molecule has 1 rings (SSSR count). The topological polar surface area (TPSA) is 17.1 Å². The van der Waals surface area contributed by atoms with Gasteiger partial charge in [-0.1, -0.05) is 12.5 Å². The minimum Gasteiger partial charge on any atom is -0.300 e. The van der Waals surface area contributed by atoms with Crippen molar-refractivity contribution in [3.63, 3.8) is 0 Å². The number of hydrogen-bond donors (Lipinski definition) is 0. The average molecular weight is 274 g/mol. The van der Waals surface area contributed by atoms with Gasteiger partial charge >= 0.3 is 0 Å². The first-order chi connectivity index (χ1) is 6.63. The van der Waals surface area contributed by atoms with Crippen LogP contribution in [0.5, 0.6) is 0 Å². The van der Waals surface area contributed by atoms with Crippen molar-refractivity contribution in [1.29, 1.82) is 0 Å². The summed E-state index contributed by atoms with van der Waals surface area (Å²) >= 11 is 0. The van der Waals surface area contributed by atoms with E-state index in [1.165, 1.54) is 0 Å². The Morgan fingerprint density at radius 3 is 2.67 bits per heavy atom. The SMILES string of the molecule is CC#Cc1c[c-]c(CC(C)=O)c(C)c1.[Y]. The molecule has 0 amide bonds. The molecule has 2 heteroatoms. The summed E-state index contributed by atoms with van der Waals surface area (Å²) in [7, 11) is 0. The predicted octanol–water partition coefficient (Wildman–Crippen LogP) is 2.30. The van der Waals surface area contributed by atoms with Crippen molar-refractivity contribution in [1.82, 2.24) is 0 Å². The summed E-state index contributed by atoms with van der Waals surface area (Å²) in [6.45, 7) is 5.38. The number of ketones is 1. The number of carbonyl (C=O) groups is 1. The van der Waals surface area contributed by atoms with Crippen LogP contribution in [0.4, 0.5) is 0 Å². The smallest absolute Gasteiger partial charge is 0.132 e. The predicted molar refractivity (Wildman–Crippen MR) is 57.0 cm³/mol. The fourth-order valence-electron chi connectivity index (χ4n) is 1.30. The zero-order chi connectivity index (χ0) is 10.6. The molecule has 1 aromatic carbocycles. The number of benzene rings is 1. The maximum atomic E-state index is 10.9. The van der Waals surface area contributed by atoms with Gasteiger partial charge in [0.25, 0.3) is 0 Å². The summed E-state index contributed by atoms with van der Waals surface area (Å²) in [5.41, 5.74) is 3.01. The van der Waals surface area contributed by atoms with Gasteiger partial charge in [-0.05, 0) is 13.8 Å². The van der Waals surface area contributed by atoms with Crippen molar-refractivity contribution in [3.8, 4) is 11.8 Å². The molecule has 0 aliphatic carbocycles. The largest absolute Gasteiger partial charge is 0.300 e. The molecule has 0 aliphatic heterocycles. The molecule has 0 aliphatic rings. The van der Waals surface area contributed by atoms with Gasteiger partial charge in [0.1, 0.15) is 5.78 Å². The third-order valence-electron chi connectivity index (χ3n) is 1.94. The van der Waals surface area contributed by atoms with E-state index >= 15 is 0 Å². The Hall–Kier alpha value is -0.446. The van der Waals surface area contributed by atoms with Gasteiger partial charge in [-0.2, -0.15) is 29.3 Å². The second-order valence-electron chi connectivity index (χ2n) is 3.30. The maximum Gasteiger partial charge on any atom is 0.132 e. The summed E-state index contributed by atoms with van der Waals surface area (Å²) in [5, 5.41) is 0. The van der Waals surface area contributed by atoms with E-state index in [2.05, 4.69) is 17.9 Å². The van der Waals surface area contributed by atoms with Crippen LogP contribution in [0.15, 0.2) is 12.1 Å². The van der Waals surface area contributed by atoms with Crippen molar-refractivity contribution in [2.75, 3.05) is 0 Å². The quantitative estimate of drug-likeness (QED) is 0.597. The van der Waals surface area contributed by atoms with E-state index in [1.807, 2.05) is 19.1 Å². The van der Waals surface area contributed by atoms with Crippen LogP contribution in [0.2, 0.25) is 0 Å². The Bertz CT molecular complexity index is 410. The first-order valence-corrected chi connectivity index (χ1v) is 4.57. The Kier molecular flexibility index (Phi) is 6.73. The summed E-state index contributed by atoms with van der Waals surface area (Å²) in [6.07, 6.45) is 0.464. The molecule has 1 radical (unpaired) electrons. The molecule has 0 saturated carbocycles. The van der Waals surface area contributed by atoms with Crippen LogP contribution in [-0.2, 0) is 43.9 Å². The summed E-state index contributed by atoms with van der Waals surface area (Å²) in [5.74, 6) is 5.96. The maximum absolute atomic E-state index is 10.9. The summed E-state index contributed by atoms with van der Waals surface area (Å²) in [6, 6.07) is 6.92. The molecule has 1 nitrogen and oxygen atoms in total. The average Bonchev–Trinajstić information content (AvgIpc) is 2.10. The molecular formula is C13H13OY-.